The monoisotopic (exact) mass is 326 g/mol. The maximum Gasteiger partial charge on any atom is 0.256 e. The van der Waals surface area contributed by atoms with Crippen LogP contribution in [0.25, 0.3) is 0 Å². The van der Waals surface area contributed by atoms with Crippen LogP contribution in [-0.2, 0) is 6.54 Å². The summed E-state index contributed by atoms with van der Waals surface area (Å²) < 4.78 is 13.7. The van der Waals surface area contributed by atoms with Crippen LogP contribution in [0.4, 0.5) is 10.1 Å². The molecule has 0 aliphatic rings. The molecule has 0 bridgehead atoms. The molecule has 0 aliphatic heterocycles. The molecule has 110 valence electrons. The third-order valence-corrected chi connectivity index (χ3v) is 3.59. The molecule has 0 aromatic heterocycles. The normalized spacial score (nSPS) is 10.5. The fourth-order valence-electron chi connectivity index (χ4n) is 1.91. The number of rotatable bonds is 3. The van der Waals surface area contributed by atoms with Gasteiger partial charge >= 0.3 is 0 Å². The third kappa shape index (κ3) is 3.65. The van der Waals surface area contributed by atoms with Gasteiger partial charge in [0.2, 0.25) is 0 Å². The molecule has 0 spiro atoms. The second kappa shape index (κ2) is 6.33. The molecule has 0 aliphatic carbocycles. The summed E-state index contributed by atoms with van der Waals surface area (Å²) in [6.45, 7) is 0.217. The molecule has 0 saturated heterocycles. The molecule has 2 aromatic rings. The number of nitrogen functional groups attached to an aromatic ring is 1. The van der Waals surface area contributed by atoms with Crippen LogP contribution in [0.5, 0.6) is 0 Å². The zero-order chi connectivity index (χ0) is 15.6. The van der Waals surface area contributed by atoms with E-state index in [1.165, 1.54) is 17.0 Å². The Morgan fingerprint density at radius 1 is 1.24 bits per heavy atom. The van der Waals surface area contributed by atoms with Crippen molar-refractivity contribution in [1.82, 2.24) is 4.90 Å². The van der Waals surface area contributed by atoms with Crippen LogP contribution in [0.15, 0.2) is 36.4 Å². The second-order valence-electron chi connectivity index (χ2n) is 4.64. The molecule has 0 atom stereocenters. The summed E-state index contributed by atoms with van der Waals surface area (Å²) in [5.74, 6) is -1.09. The molecule has 3 nitrogen and oxygen atoms in total. The highest BCUT2D eigenvalue weighted by Crippen LogP contribution is 2.22. The highest BCUT2D eigenvalue weighted by atomic mass is 35.5. The lowest BCUT2D eigenvalue weighted by molar-refractivity contribution is 0.0780. The number of hydrogen-bond donors (Lipinski definition) is 1. The van der Waals surface area contributed by atoms with Gasteiger partial charge in [-0.25, -0.2) is 4.39 Å². The Morgan fingerprint density at radius 2 is 1.95 bits per heavy atom. The van der Waals surface area contributed by atoms with Crippen LogP contribution in [0, 0.1) is 5.82 Å². The minimum Gasteiger partial charge on any atom is -0.399 e. The van der Waals surface area contributed by atoms with Crippen molar-refractivity contribution >= 4 is 34.8 Å². The fourth-order valence-corrected chi connectivity index (χ4v) is 2.26. The highest BCUT2D eigenvalue weighted by Gasteiger charge is 2.17. The van der Waals surface area contributed by atoms with Crippen molar-refractivity contribution in [2.45, 2.75) is 6.54 Å². The number of halogens is 3. The van der Waals surface area contributed by atoms with E-state index in [2.05, 4.69) is 0 Å². The molecule has 0 unspecified atom stereocenters. The Balaban J connectivity index is 2.23. The Morgan fingerprint density at radius 3 is 2.67 bits per heavy atom. The summed E-state index contributed by atoms with van der Waals surface area (Å²) in [5.41, 5.74) is 6.85. The molecule has 2 N–H and O–H groups in total. The van der Waals surface area contributed by atoms with Crippen molar-refractivity contribution in [1.29, 1.82) is 0 Å². The summed E-state index contributed by atoms with van der Waals surface area (Å²) >= 11 is 11.9. The summed E-state index contributed by atoms with van der Waals surface area (Å²) in [6, 6.07) is 8.87. The first-order valence-corrected chi connectivity index (χ1v) is 6.88. The number of benzene rings is 2. The molecule has 6 heteroatoms. The van der Waals surface area contributed by atoms with E-state index in [0.29, 0.717) is 21.3 Å². The minimum atomic E-state index is -0.616. The molecular formula is C15H13Cl2FN2O. The topological polar surface area (TPSA) is 46.3 Å². The molecule has 0 radical (unpaired) electrons. The van der Waals surface area contributed by atoms with E-state index < -0.39 is 11.7 Å². The Bertz CT molecular complexity index is 691. The summed E-state index contributed by atoms with van der Waals surface area (Å²) in [6.07, 6.45) is 0. The van der Waals surface area contributed by atoms with E-state index in [9.17, 15) is 9.18 Å². The van der Waals surface area contributed by atoms with Crippen molar-refractivity contribution < 1.29 is 9.18 Å². The molecule has 0 fully saturated rings. The minimum absolute atomic E-state index is 0.0787. The zero-order valence-corrected chi connectivity index (χ0v) is 12.7. The van der Waals surface area contributed by atoms with Crippen molar-refractivity contribution in [3.05, 3.63) is 63.4 Å². The maximum atomic E-state index is 13.7. The molecule has 0 saturated carbocycles. The summed E-state index contributed by atoms with van der Waals surface area (Å²) in [4.78, 5) is 13.6. The molecule has 2 rings (SSSR count). The molecule has 0 heterocycles. The first-order chi connectivity index (χ1) is 9.88. The Hall–Kier alpha value is -1.78. The largest absolute Gasteiger partial charge is 0.399 e. The van der Waals surface area contributed by atoms with Gasteiger partial charge in [0.1, 0.15) is 5.82 Å². The third-order valence-electron chi connectivity index (χ3n) is 2.98. The smallest absolute Gasteiger partial charge is 0.256 e. The number of carbonyl (C=O) groups excluding carboxylic acids is 1. The van der Waals surface area contributed by atoms with Crippen LogP contribution < -0.4 is 5.73 Å². The van der Waals surface area contributed by atoms with Gasteiger partial charge in [0.25, 0.3) is 5.91 Å². The van der Waals surface area contributed by atoms with Gasteiger partial charge in [-0.2, -0.15) is 0 Å². The number of amides is 1. The van der Waals surface area contributed by atoms with E-state index >= 15 is 0 Å². The van der Waals surface area contributed by atoms with Gasteiger partial charge in [0, 0.05) is 29.3 Å². The van der Waals surface area contributed by atoms with Crippen molar-refractivity contribution in [3.63, 3.8) is 0 Å². The fraction of sp³-hybridized carbons (Fsp3) is 0.133. The van der Waals surface area contributed by atoms with E-state index in [1.807, 2.05) is 0 Å². The van der Waals surface area contributed by atoms with Crippen molar-refractivity contribution in [2.75, 3.05) is 12.8 Å². The predicted molar refractivity (Wildman–Crippen MR) is 83.1 cm³/mol. The lowest BCUT2D eigenvalue weighted by Gasteiger charge is -2.19. The van der Waals surface area contributed by atoms with Crippen LogP contribution in [0.3, 0.4) is 0 Å². The number of nitrogens with two attached hydrogens (primary N) is 1. The average Bonchev–Trinajstić information content (AvgIpc) is 2.44. The van der Waals surface area contributed by atoms with Gasteiger partial charge in [0.05, 0.1) is 5.56 Å². The van der Waals surface area contributed by atoms with E-state index in [4.69, 9.17) is 28.9 Å². The lowest BCUT2D eigenvalue weighted by Crippen LogP contribution is -2.27. The first-order valence-electron chi connectivity index (χ1n) is 6.13. The van der Waals surface area contributed by atoms with Crippen molar-refractivity contribution in [2.24, 2.45) is 0 Å². The SMILES string of the molecule is CN(Cc1cc(N)ccc1Cl)C(=O)c1cc(Cl)ccc1F. The van der Waals surface area contributed by atoms with Gasteiger partial charge in [-0.3, -0.25) is 4.79 Å². The van der Waals surface area contributed by atoms with Gasteiger partial charge < -0.3 is 10.6 Å². The standard InChI is InChI=1S/C15H13Cl2FN2O/c1-20(8-9-6-11(19)3-4-13(9)17)15(21)12-7-10(16)2-5-14(12)18/h2-7H,8,19H2,1H3. The number of hydrogen-bond acceptors (Lipinski definition) is 2. The van der Waals surface area contributed by atoms with Crippen LogP contribution in [0.2, 0.25) is 10.0 Å². The van der Waals surface area contributed by atoms with Gasteiger partial charge in [-0.15, -0.1) is 0 Å². The van der Waals surface area contributed by atoms with Crippen LogP contribution in [-0.4, -0.2) is 17.9 Å². The predicted octanol–water partition coefficient (Wildman–Crippen LogP) is 3.99. The second-order valence-corrected chi connectivity index (χ2v) is 5.48. The Labute approximate surface area is 132 Å². The molecule has 2 aromatic carbocycles. The van der Waals surface area contributed by atoms with E-state index in [-0.39, 0.29) is 12.1 Å². The van der Waals surface area contributed by atoms with E-state index in [0.717, 1.165) is 6.07 Å². The lowest BCUT2D eigenvalue weighted by atomic mass is 10.1. The number of anilines is 1. The molecule has 1 amide bonds. The van der Waals surface area contributed by atoms with Crippen LogP contribution >= 0.6 is 23.2 Å². The average molecular weight is 327 g/mol. The highest BCUT2D eigenvalue weighted by molar-refractivity contribution is 6.31. The van der Waals surface area contributed by atoms with Crippen molar-refractivity contribution in [3.8, 4) is 0 Å². The summed E-state index contributed by atoms with van der Waals surface area (Å²) in [7, 11) is 1.56. The quantitative estimate of drug-likeness (QED) is 0.867. The van der Waals surface area contributed by atoms with E-state index in [1.54, 1.807) is 25.2 Å². The summed E-state index contributed by atoms with van der Waals surface area (Å²) in [5, 5.41) is 0.797. The van der Waals surface area contributed by atoms with Gasteiger partial charge in [0.15, 0.2) is 0 Å². The molecular weight excluding hydrogens is 314 g/mol. The van der Waals surface area contributed by atoms with Gasteiger partial charge in [-0.1, -0.05) is 23.2 Å². The number of nitrogens with zero attached hydrogens (tertiary/aromatic N) is 1. The maximum absolute atomic E-state index is 13.7. The number of carbonyl (C=O) groups is 1. The molecule has 21 heavy (non-hydrogen) atoms. The van der Waals surface area contributed by atoms with Gasteiger partial charge in [-0.05, 0) is 42.0 Å². The first kappa shape index (κ1) is 15.6. The Kier molecular flexibility index (Phi) is 4.70. The zero-order valence-electron chi connectivity index (χ0n) is 11.2. The van der Waals surface area contributed by atoms with Crippen LogP contribution in [0.1, 0.15) is 15.9 Å².